The molecule has 3 aromatic rings. The summed E-state index contributed by atoms with van der Waals surface area (Å²) in [6.45, 7) is 4.23. The van der Waals surface area contributed by atoms with Crippen molar-refractivity contribution in [3.05, 3.63) is 53.8 Å². The van der Waals surface area contributed by atoms with Gasteiger partial charge in [-0.3, -0.25) is 0 Å². The van der Waals surface area contributed by atoms with Crippen LogP contribution in [-0.4, -0.2) is 23.1 Å². The van der Waals surface area contributed by atoms with Gasteiger partial charge in [-0.2, -0.15) is 5.26 Å². The molecule has 1 atom stereocenters. The molecule has 3 rings (SSSR count). The Hall–Kier alpha value is -3.00. The van der Waals surface area contributed by atoms with Gasteiger partial charge in [0.25, 0.3) is 0 Å². The predicted octanol–water partition coefficient (Wildman–Crippen LogP) is 4.54. The van der Waals surface area contributed by atoms with Crippen molar-refractivity contribution in [1.29, 1.82) is 5.26 Å². The predicted molar refractivity (Wildman–Crippen MR) is 97.8 cm³/mol. The maximum absolute atomic E-state index is 13.3. The van der Waals surface area contributed by atoms with Crippen LogP contribution in [0.5, 0.6) is 0 Å². The van der Waals surface area contributed by atoms with E-state index in [0.717, 1.165) is 17.8 Å². The average Bonchev–Trinajstić information content (AvgIpc) is 2.65. The number of nitriles is 1. The Balaban J connectivity index is 2.25. The number of rotatable bonds is 4. The minimum atomic E-state index is -0.284. The van der Waals surface area contributed by atoms with Crippen LogP contribution in [0.1, 0.15) is 25.8 Å². The SMILES string of the molecule is CCC(C)N(C)c1nc2cc(C#N)ccc2nc1-c1ccc(F)cc1. The van der Waals surface area contributed by atoms with E-state index in [4.69, 9.17) is 15.2 Å². The van der Waals surface area contributed by atoms with Crippen molar-refractivity contribution < 1.29 is 4.39 Å². The molecule has 1 heterocycles. The van der Waals surface area contributed by atoms with Crippen LogP contribution in [0.2, 0.25) is 0 Å². The molecule has 25 heavy (non-hydrogen) atoms. The number of nitrogens with zero attached hydrogens (tertiary/aromatic N) is 4. The largest absolute Gasteiger partial charge is 0.355 e. The highest BCUT2D eigenvalue weighted by molar-refractivity contribution is 5.84. The third kappa shape index (κ3) is 3.29. The molecule has 4 nitrogen and oxygen atoms in total. The standard InChI is InChI=1S/C20H19FN4/c1-4-13(2)25(3)20-19(15-6-8-16(21)9-7-15)23-17-10-5-14(12-22)11-18(17)24-20/h5-11,13H,4H2,1-3H3. The van der Waals surface area contributed by atoms with E-state index in [2.05, 4.69) is 24.8 Å². The van der Waals surface area contributed by atoms with Crippen molar-refractivity contribution in [3.63, 3.8) is 0 Å². The smallest absolute Gasteiger partial charge is 0.155 e. The Kier molecular flexibility index (Phi) is 4.62. The number of fused-ring (bicyclic) bond motifs is 1. The first-order valence-electron chi connectivity index (χ1n) is 8.24. The van der Waals surface area contributed by atoms with E-state index in [1.807, 2.05) is 7.05 Å². The highest BCUT2D eigenvalue weighted by Gasteiger charge is 2.18. The Morgan fingerprint density at radius 3 is 2.48 bits per heavy atom. The first kappa shape index (κ1) is 16.8. The second-order valence-electron chi connectivity index (χ2n) is 6.09. The lowest BCUT2D eigenvalue weighted by Crippen LogP contribution is -2.29. The first-order valence-corrected chi connectivity index (χ1v) is 8.24. The van der Waals surface area contributed by atoms with Crippen LogP contribution in [0.25, 0.3) is 22.3 Å². The summed E-state index contributed by atoms with van der Waals surface area (Å²) in [5.41, 5.74) is 3.45. The van der Waals surface area contributed by atoms with E-state index in [9.17, 15) is 4.39 Å². The van der Waals surface area contributed by atoms with Gasteiger partial charge in [-0.15, -0.1) is 0 Å². The molecule has 0 fully saturated rings. The summed E-state index contributed by atoms with van der Waals surface area (Å²) in [7, 11) is 1.98. The fraction of sp³-hybridized carbons (Fsp3) is 0.250. The zero-order chi connectivity index (χ0) is 18.0. The minimum absolute atomic E-state index is 0.269. The van der Waals surface area contributed by atoms with Crippen molar-refractivity contribution in [1.82, 2.24) is 9.97 Å². The molecule has 0 saturated carbocycles. The second kappa shape index (κ2) is 6.86. The number of aromatic nitrogens is 2. The zero-order valence-corrected chi connectivity index (χ0v) is 14.5. The van der Waals surface area contributed by atoms with E-state index in [-0.39, 0.29) is 11.9 Å². The minimum Gasteiger partial charge on any atom is -0.355 e. The van der Waals surface area contributed by atoms with Crippen molar-refractivity contribution in [2.45, 2.75) is 26.3 Å². The Labute approximate surface area is 146 Å². The van der Waals surface area contributed by atoms with Crippen molar-refractivity contribution in [2.24, 2.45) is 0 Å². The Morgan fingerprint density at radius 2 is 1.84 bits per heavy atom. The summed E-state index contributed by atoms with van der Waals surface area (Å²) in [5.74, 6) is 0.441. The van der Waals surface area contributed by atoms with Crippen molar-refractivity contribution in [3.8, 4) is 17.3 Å². The fourth-order valence-electron chi connectivity index (χ4n) is 2.64. The van der Waals surface area contributed by atoms with Crippen LogP contribution in [0.3, 0.4) is 0 Å². The van der Waals surface area contributed by atoms with Gasteiger partial charge in [0, 0.05) is 18.7 Å². The molecule has 126 valence electrons. The molecule has 1 aromatic heterocycles. The molecule has 0 radical (unpaired) electrons. The number of anilines is 1. The van der Waals surface area contributed by atoms with Gasteiger partial charge in [0.05, 0.1) is 22.7 Å². The van der Waals surface area contributed by atoms with Gasteiger partial charge in [-0.1, -0.05) is 6.92 Å². The molecule has 2 aromatic carbocycles. The molecule has 0 amide bonds. The lowest BCUT2D eigenvalue weighted by Gasteiger charge is -2.27. The van der Waals surface area contributed by atoms with Gasteiger partial charge in [0.2, 0.25) is 0 Å². The van der Waals surface area contributed by atoms with Gasteiger partial charge in [-0.05, 0) is 55.8 Å². The molecule has 0 aliphatic heterocycles. The Bertz CT molecular complexity index is 944. The maximum atomic E-state index is 13.3. The molecule has 1 unspecified atom stereocenters. The van der Waals surface area contributed by atoms with Gasteiger partial charge in [0.1, 0.15) is 11.5 Å². The molecule has 0 aliphatic carbocycles. The summed E-state index contributed by atoms with van der Waals surface area (Å²) in [6, 6.07) is 13.9. The quantitative estimate of drug-likeness (QED) is 0.703. The van der Waals surface area contributed by atoms with Crippen LogP contribution < -0.4 is 4.90 Å². The van der Waals surface area contributed by atoms with Crippen LogP contribution in [-0.2, 0) is 0 Å². The summed E-state index contributed by atoms with van der Waals surface area (Å²) < 4.78 is 13.3. The van der Waals surface area contributed by atoms with Crippen molar-refractivity contribution >= 4 is 16.9 Å². The summed E-state index contributed by atoms with van der Waals surface area (Å²) in [6.07, 6.45) is 0.956. The van der Waals surface area contributed by atoms with E-state index >= 15 is 0 Å². The third-order valence-corrected chi connectivity index (χ3v) is 4.48. The zero-order valence-electron chi connectivity index (χ0n) is 14.5. The fourth-order valence-corrected chi connectivity index (χ4v) is 2.64. The molecular weight excluding hydrogens is 315 g/mol. The lowest BCUT2D eigenvalue weighted by atomic mass is 10.1. The van der Waals surface area contributed by atoms with E-state index in [1.54, 1.807) is 30.3 Å². The molecule has 0 aliphatic rings. The van der Waals surface area contributed by atoms with Gasteiger partial charge >= 0.3 is 0 Å². The van der Waals surface area contributed by atoms with E-state index in [1.165, 1.54) is 12.1 Å². The van der Waals surface area contributed by atoms with Crippen LogP contribution in [0.4, 0.5) is 10.2 Å². The molecular formula is C20H19FN4. The third-order valence-electron chi connectivity index (χ3n) is 4.48. The van der Waals surface area contributed by atoms with Gasteiger partial charge in [-0.25, -0.2) is 14.4 Å². The summed E-state index contributed by atoms with van der Waals surface area (Å²) >= 11 is 0. The van der Waals surface area contributed by atoms with Crippen LogP contribution in [0, 0.1) is 17.1 Å². The van der Waals surface area contributed by atoms with Crippen LogP contribution >= 0.6 is 0 Å². The van der Waals surface area contributed by atoms with Gasteiger partial charge in [0.15, 0.2) is 5.82 Å². The topological polar surface area (TPSA) is 52.8 Å². The first-order chi connectivity index (χ1) is 12.0. The monoisotopic (exact) mass is 334 g/mol. The van der Waals surface area contributed by atoms with Crippen molar-refractivity contribution in [2.75, 3.05) is 11.9 Å². The molecule has 0 saturated heterocycles. The highest BCUT2D eigenvalue weighted by Crippen LogP contribution is 2.30. The molecule has 0 bridgehead atoms. The van der Waals surface area contributed by atoms with Gasteiger partial charge < -0.3 is 4.90 Å². The highest BCUT2D eigenvalue weighted by atomic mass is 19.1. The average molecular weight is 334 g/mol. The lowest BCUT2D eigenvalue weighted by molar-refractivity contribution is 0.628. The molecule has 0 N–H and O–H groups in total. The van der Waals surface area contributed by atoms with E-state index in [0.29, 0.717) is 22.3 Å². The van der Waals surface area contributed by atoms with E-state index < -0.39 is 0 Å². The number of halogens is 1. The molecule has 5 heteroatoms. The number of hydrogen-bond acceptors (Lipinski definition) is 4. The van der Waals surface area contributed by atoms with Crippen LogP contribution in [0.15, 0.2) is 42.5 Å². The summed E-state index contributed by atoms with van der Waals surface area (Å²) in [5, 5.41) is 9.12. The molecule has 0 spiro atoms. The second-order valence-corrected chi connectivity index (χ2v) is 6.09. The summed E-state index contributed by atoms with van der Waals surface area (Å²) in [4.78, 5) is 11.6. The number of benzene rings is 2. The number of hydrogen-bond donors (Lipinski definition) is 0. The Morgan fingerprint density at radius 1 is 1.12 bits per heavy atom. The maximum Gasteiger partial charge on any atom is 0.155 e. The normalized spacial score (nSPS) is 12.0.